The lowest BCUT2D eigenvalue weighted by atomic mass is 9.89. The average molecular weight is 797 g/mol. The molecule has 1 amide bonds. The van der Waals surface area contributed by atoms with Crippen molar-refractivity contribution in [2.45, 2.75) is 69.9 Å². The first-order chi connectivity index (χ1) is 25.2. The molecule has 0 unspecified atom stereocenters. The maximum absolute atomic E-state index is 14.5. The van der Waals surface area contributed by atoms with E-state index in [1.165, 1.54) is 7.11 Å². The van der Waals surface area contributed by atoms with Crippen LogP contribution in [0.1, 0.15) is 63.8 Å². The number of hydrogen-bond donors (Lipinski definition) is 0. The van der Waals surface area contributed by atoms with Gasteiger partial charge < -0.3 is 18.8 Å². The second-order valence-corrected chi connectivity index (χ2v) is 21.7. The third-order valence-corrected chi connectivity index (χ3v) is 17.0. The lowest BCUT2D eigenvalue weighted by Gasteiger charge is -2.48. The third kappa shape index (κ3) is 9.24. The van der Waals surface area contributed by atoms with Gasteiger partial charge in [-0.05, 0) is 57.2 Å². The molecule has 0 saturated carbocycles. The van der Waals surface area contributed by atoms with Crippen LogP contribution in [0.15, 0.2) is 109 Å². The Labute approximate surface area is 324 Å². The molecule has 0 bridgehead atoms. The number of sulfone groups is 1. The topological polar surface area (TPSA) is 99.2 Å². The number of rotatable bonds is 14. The minimum absolute atomic E-state index is 0.0280. The summed E-state index contributed by atoms with van der Waals surface area (Å²) in [5, 5.41) is 2.74. The molecule has 0 radical (unpaired) electrons. The first-order valence-electron chi connectivity index (χ1n) is 17.7. The number of hydrogen-bond acceptors (Lipinski definition) is 7. The molecule has 12 heteroatoms. The number of methoxy groups -OCH3 is 1. The van der Waals surface area contributed by atoms with Gasteiger partial charge in [0.1, 0.15) is 12.2 Å². The fourth-order valence-electron chi connectivity index (χ4n) is 7.33. The van der Waals surface area contributed by atoms with Crippen LogP contribution in [0.2, 0.25) is 15.1 Å². The number of halogens is 2. The maximum Gasteiger partial charge on any atom is 0.308 e. The van der Waals surface area contributed by atoms with Gasteiger partial charge in [0.15, 0.2) is 9.84 Å². The molecule has 4 aromatic rings. The van der Waals surface area contributed by atoms with Gasteiger partial charge in [0.2, 0.25) is 0 Å². The van der Waals surface area contributed by atoms with Gasteiger partial charge in [-0.15, -0.1) is 0 Å². The van der Waals surface area contributed by atoms with Crippen LogP contribution in [0.3, 0.4) is 0 Å². The fourth-order valence-corrected chi connectivity index (χ4v) is 13.9. The second kappa shape index (κ2) is 17.3. The van der Waals surface area contributed by atoms with Gasteiger partial charge in [-0.25, -0.2) is 8.42 Å². The van der Waals surface area contributed by atoms with Gasteiger partial charge in [0.25, 0.3) is 14.2 Å². The summed E-state index contributed by atoms with van der Waals surface area (Å²) in [6, 6.07) is 32.7. The molecule has 1 aliphatic rings. The van der Waals surface area contributed by atoms with Gasteiger partial charge in [0, 0.05) is 22.7 Å². The van der Waals surface area contributed by atoms with Crippen LogP contribution < -0.4 is 10.4 Å². The molecule has 4 atom stereocenters. The van der Waals surface area contributed by atoms with E-state index in [0.717, 1.165) is 10.4 Å². The van der Waals surface area contributed by atoms with Crippen molar-refractivity contribution in [1.82, 2.24) is 4.90 Å². The number of carbonyl (C=O) groups excluding carboxylic acids is 2. The number of nitrogens with zero attached hydrogens (tertiary/aromatic N) is 1. The van der Waals surface area contributed by atoms with E-state index in [2.05, 4.69) is 45.0 Å². The fraction of sp³-hybridized carbons (Fsp3) is 0.366. The Morgan fingerprint density at radius 2 is 1.47 bits per heavy atom. The zero-order chi connectivity index (χ0) is 38.4. The van der Waals surface area contributed by atoms with E-state index in [0.29, 0.717) is 27.6 Å². The van der Waals surface area contributed by atoms with Crippen LogP contribution in [-0.4, -0.2) is 70.9 Å². The van der Waals surface area contributed by atoms with Crippen LogP contribution in [-0.2, 0) is 33.3 Å². The highest BCUT2D eigenvalue weighted by molar-refractivity contribution is 7.91. The molecule has 0 spiro atoms. The molecule has 1 heterocycles. The Kier molecular flexibility index (Phi) is 13.3. The number of carbonyl (C=O) groups is 2. The van der Waals surface area contributed by atoms with Crippen LogP contribution in [0.5, 0.6) is 0 Å². The highest BCUT2D eigenvalue weighted by Gasteiger charge is 2.51. The summed E-state index contributed by atoms with van der Waals surface area (Å²) in [4.78, 5) is 28.6. The molecule has 53 heavy (non-hydrogen) atoms. The summed E-state index contributed by atoms with van der Waals surface area (Å²) in [7, 11) is -5.56. The Bertz CT molecular complexity index is 1920. The minimum atomic E-state index is -3.82. The molecule has 8 nitrogen and oxygen atoms in total. The Morgan fingerprint density at radius 3 is 2.00 bits per heavy atom. The highest BCUT2D eigenvalue weighted by atomic mass is 35.5. The summed E-state index contributed by atoms with van der Waals surface area (Å²) in [5.41, 5.74) is 1.36. The number of esters is 1. The molecule has 4 aromatic carbocycles. The highest BCUT2D eigenvalue weighted by Crippen LogP contribution is 2.45. The van der Waals surface area contributed by atoms with Crippen molar-refractivity contribution < 1.29 is 31.9 Å². The van der Waals surface area contributed by atoms with E-state index in [1.54, 1.807) is 47.4 Å². The zero-order valence-electron chi connectivity index (χ0n) is 30.7. The lowest BCUT2D eigenvalue weighted by molar-refractivity contribution is -0.183. The largest absolute Gasteiger partial charge is 0.469 e. The average Bonchev–Trinajstić information content (AvgIpc) is 3.13. The maximum atomic E-state index is 14.5. The monoisotopic (exact) mass is 795 g/mol. The third-order valence-electron chi connectivity index (χ3n) is 9.84. The summed E-state index contributed by atoms with van der Waals surface area (Å²) < 4.78 is 46.7. The first-order valence-corrected chi connectivity index (χ1v) is 22.2. The lowest BCUT2D eigenvalue weighted by Crippen LogP contribution is -2.66. The van der Waals surface area contributed by atoms with Gasteiger partial charge >= 0.3 is 5.97 Å². The molecular formula is C41H47Cl2NO7SSi. The van der Waals surface area contributed by atoms with Gasteiger partial charge in [-0.1, -0.05) is 136 Å². The SMILES string of the molecule is CC[C@@H](CS(=O)(=O)CCO[Si](c1ccccc1)(c1ccccc1)C(C)(C)C)N1C(=O)[C@H](CC(=O)OC)O[C@H](c2cccc(Cl)c2)[C@H]1c1ccc(Cl)cc1. The van der Waals surface area contributed by atoms with E-state index in [1.807, 2.05) is 49.4 Å². The summed E-state index contributed by atoms with van der Waals surface area (Å²) in [6.07, 6.45) is -2.04. The standard InChI is InChI=1S/C41H47Cl2NO7SSi/c1-6-33(28-52(47,48)25-24-50-53(41(2,3)4,34-16-9-7-10-17-34)35-18-11-8-12-19-35)44-38(29-20-22-31(42)23-21-29)39(30-14-13-15-32(43)26-30)51-36(40(44)46)27-37(45)49-5/h7-23,26,33,36,38-39H,6,24-25,27-28H2,1-5H3/t33-,36-,38+,39+/m0/s1. The van der Waals surface area contributed by atoms with Crippen molar-refractivity contribution in [2.75, 3.05) is 25.2 Å². The summed E-state index contributed by atoms with van der Waals surface area (Å²) >= 11 is 12.7. The van der Waals surface area contributed by atoms with Gasteiger partial charge in [-0.2, -0.15) is 0 Å². The van der Waals surface area contributed by atoms with Gasteiger partial charge in [0.05, 0.1) is 31.1 Å². The Balaban J connectivity index is 1.50. The number of benzene rings is 4. The number of morpholine rings is 1. The van der Waals surface area contributed by atoms with E-state index in [4.69, 9.17) is 37.1 Å². The molecule has 5 rings (SSSR count). The van der Waals surface area contributed by atoms with Crippen molar-refractivity contribution in [2.24, 2.45) is 0 Å². The number of ether oxygens (including phenoxy) is 2. The zero-order valence-corrected chi connectivity index (χ0v) is 34.0. The summed E-state index contributed by atoms with van der Waals surface area (Å²) in [5.74, 6) is -1.70. The van der Waals surface area contributed by atoms with Crippen molar-refractivity contribution in [3.63, 3.8) is 0 Å². The molecule has 1 aliphatic heterocycles. The van der Waals surface area contributed by atoms with Crippen molar-refractivity contribution in [1.29, 1.82) is 0 Å². The van der Waals surface area contributed by atoms with Crippen LogP contribution in [0, 0.1) is 0 Å². The molecule has 1 fully saturated rings. The molecular weight excluding hydrogens is 750 g/mol. The quantitative estimate of drug-likeness (QED) is 0.0974. The Hall–Kier alpha value is -3.51. The normalized spacial score (nSPS) is 18.8. The van der Waals surface area contributed by atoms with E-state index in [-0.39, 0.29) is 29.6 Å². The molecule has 0 N–H and O–H groups in total. The van der Waals surface area contributed by atoms with Gasteiger partial charge in [-0.3, -0.25) is 9.59 Å². The molecule has 0 aromatic heterocycles. The van der Waals surface area contributed by atoms with E-state index >= 15 is 0 Å². The predicted octanol–water partition coefficient (Wildman–Crippen LogP) is 7.34. The van der Waals surface area contributed by atoms with E-state index in [9.17, 15) is 18.0 Å². The molecule has 1 saturated heterocycles. The second-order valence-electron chi connectivity index (χ2n) is 14.3. The first kappa shape index (κ1) is 40.7. The minimum Gasteiger partial charge on any atom is -0.469 e. The predicted molar refractivity (Wildman–Crippen MR) is 213 cm³/mol. The van der Waals surface area contributed by atoms with Crippen molar-refractivity contribution >= 4 is 63.6 Å². The van der Waals surface area contributed by atoms with Crippen molar-refractivity contribution in [3.05, 3.63) is 130 Å². The molecule has 0 aliphatic carbocycles. The van der Waals surface area contributed by atoms with Crippen LogP contribution in [0.25, 0.3) is 0 Å². The Morgan fingerprint density at radius 1 is 0.868 bits per heavy atom. The van der Waals surface area contributed by atoms with Crippen molar-refractivity contribution in [3.8, 4) is 0 Å². The smallest absolute Gasteiger partial charge is 0.308 e. The number of amides is 1. The molecule has 282 valence electrons. The summed E-state index contributed by atoms with van der Waals surface area (Å²) in [6.45, 7) is 8.25. The van der Waals surface area contributed by atoms with Crippen LogP contribution in [0.4, 0.5) is 0 Å². The van der Waals surface area contributed by atoms with Crippen LogP contribution >= 0.6 is 23.2 Å². The van der Waals surface area contributed by atoms with E-state index < -0.39 is 54.3 Å².